The van der Waals surface area contributed by atoms with Crippen LogP contribution in [0.2, 0.25) is 0 Å². The van der Waals surface area contributed by atoms with Crippen molar-refractivity contribution < 1.29 is 50.8 Å². The molecular formula is C9H8ClNaO4. The Balaban J connectivity index is 0. The number of carboxylic acids is 1. The van der Waals surface area contributed by atoms with Crippen LogP contribution in [0, 0.1) is 0 Å². The Labute approximate surface area is 115 Å². The van der Waals surface area contributed by atoms with Crippen molar-refractivity contribution in [2.75, 3.05) is 5.88 Å². The van der Waals surface area contributed by atoms with E-state index >= 15 is 0 Å². The van der Waals surface area contributed by atoms with Gasteiger partial charge in [-0.1, -0.05) is 0 Å². The van der Waals surface area contributed by atoms with E-state index in [0.29, 0.717) is 0 Å². The summed E-state index contributed by atoms with van der Waals surface area (Å²) in [5.74, 6) is -2.26. The summed E-state index contributed by atoms with van der Waals surface area (Å²) in [6.45, 7) is 0. The van der Waals surface area contributed by atoms with Crippen molar-refractivity contribution in [1.82, 2.24) is 0 Å². The van der Waals surface area contributed by atoms with E-state index in [-0.39, 0.29) is 59.5 Å². The maximum absolute atomic E-state index is 11.1. The summed E-state index contributed by atoms with van der Waals surface area (Å²) < 4.78 is 0. The van der Waals surface area contributed by atoms with Crippen LogP contribution >= 0.6 is 11.6 Å². The van der Waals surface area contributed by atoms with E-state index in [9.17, 15) is 9.59 Å². The van der Waals surface area contributed by atoms with Crippen molar-refractivity contribution in [3.63, 3.8) is 0 Å². The van der Waals surface area contributed by atoms with Crippen molar-refractivity contribution >= 4 is 23.4 Å². The molecule has 0 heterocycles. The normalized spacial score (nSPS) is 9.13. The second-order valence-corrected chi connectivity index (χ2v) is 2.86. The van der Waals surface area contributed by atoms with Gasteiger partial charge in [0.15, 0.2) is 5.78 Å². The van der Waals surface area contributed by atoms with Crippen LogP contribution in [0.5, 0.6) is 5.75 Å². The number of Topliss-reactive ketones (excluding diaryl/α,β-unsaturated/α-hetero) is 1. The second-order valence-electron chi connectivity index (χ2n) is 2.59. The van der Waals surface area contributed by atoms with Gasteiger partial charge in [-0.3, -0.25) is 4.79 Å². The number of hydrogen-bond donors (Lipinski definition) is 2. The van der Waals surface area contributed by atoms with Crippen LogP contribution in [0.3, 0.4) is 0 Å². The Hall–Kier alpha value is -0.550. The predicted molar refractivity (Wildman–Crippen MR) is 51.2 cm³/mol. The van der Waals surface area contributed by atoms with Gasteiger partial charge in [0.25, 0.3) is 0 Å². The van der Waals surface area contributed by atoms with Crippen LogP contribution in [0.25, 0.3) is 0 Å². The summed E-state index contributed by atoms with van der Waals surface area (Å²) in [5, 5.41) is 17.8. The zero-order valence-corrected chi connectivity index (χ0v) is 10.8. The molecule has 0 amide bonds. The molecule has 0 spiro atoms. The van der Waals surface area contributed by atoms with Crippen LogP contribution in [0.4, 0.5) is 0 Å². The van der Waals surface area contributed by atoms with Gasteiger partial charge in [0.2, 0.25) is 0 Å². The smallest absolute Gasteiger partial charge is 1.00 e. The number of carboxylic acid groups (broad SMARTS) is 1. The van der Waals surface area contributed by atoms with Crippen LogP contribution in [0.15, 0.2) is 18.2 Å². The molecule has 0 aliphatic carbocycles. The Kier molecular flexibility index (Phi) is 5.90. The largest absolute Gasteiger partial charge is 1.00 e. The fourth-order valence-electron chi connectivity index (χ4n) is 0.958. The third-order valence-electron chi connectivity index (χ3n) is 1.67. The number of rotatable bonds is 3. The molecule has 0 saturated heterocycles. The van der Waals surface area contributed by atoms with E-state index in [1.807, 2.05) is 0 Å². The van der Waals surface area contributed by atoms with Crippen molar-refractivity contribution in [2.45, 2.75) is 0 Å². The summed E-state index contributed by atoms with van der Waals surface area (Å²) in [4.78, 5) is 21.7. The number of aromatic hydroxyl groups is 1. The number of benzene rings is 1. The molecule has 0 aromatic heterocycles. The first-order chi connectivity index (χ1) is 6.56. The first-order valence-corrected chi connectivity index (χ1v) is 4.25. The van der Waals surface area contributed by atoms with Gasteiger partial charge in [0, 0.05) is 5.56 Å². The summed E-state index contributed by atoms with van der Waals surface area (Å²) in [6.07, 6.45) is 0. The van der Waals surface area contributed by atoms with Gasteiger partial charge in [0.1, 0.15) is 11.3 Å². The topological polar surface area (TPSA) is 74.6 Å². The molecule has 15 heavy (non-hydrogen) atoms. The Bertz CT molecular complexity index is 397. The van der Waals surface area contributed by atoms with Gasteiger partial charge < -0.3 is 11.6 Å². The Morgan fingerprint density at radius 1 is 1.40 bits per heavy atom. The number of hydrogen-bond acceptors (Lipinski definition) is 3. The zero-order chi connectivity index (χ0) is 10.7. The Morgan fingerprint density at radius 2 is 2.00 bits per heavy atom. The molecule has 6 heteroatoms. The second kappa shape index (κ2) is 6.12. The summed E-state index contributed by atoms with van der Waals surface area (Å²) >= 11 is 5.30. The molecule has 4 nitrogen and oxygen atoms in total. The van der Waals surface area contributed by atoms with E-state index in [1.54, 1.807) is 0 Å². The number of alkyl halides is 1. The minimum Gasteiger partial charge on any atom is -1.00 e. The van der Waals surface area contributed by atoms with Crippen LogP contribution in [-0.2, 0) is 0 Å². The number of carbonyl (C=O) groups is 2. The van der Waals surface area contributed by atoms with Gasteiger partial charge in [-0.05, 0) is 18.2 Å². The van der Waals surface area contributed by atoms with E-state index < -0.39 is 5.97 Å². The molecular weight excluding hydrogens is 231 g/mol. The molecule has 2 N–H and O–H groups in total. The average molecular weight is 239 g/mol. The van der Waals surface area contributed by atoms with E-state index in [4.69, 9.17) is 21.8 Å². The van der Waals surface area contributed by atoms with E-state index in [2.05, 4.69) is 0 Å². The first-order valence-electron chi connectivity index (χ1n) is 3.71. The van der Waals surface area contributed by atoms with Gasteiger partial charge in [-0.2, -0.15) is 0 Å². The fraction of sp³-hybridized carbons (Fsp3) is 0.111. The van der Waals surface area contributed by atoms with Crippen molar-refractivity contribution in [1.29, 1.82) is 0 Å². The maximum Gasteiger partial charge on any atom is 1.00 e. The Morgan fingerprint density at radius 3 is 2.47 bits per heavy atom. The van der Waals surface area contributed by atoms with Crippen LogP contribution in [-0.4, -0.2) is 27.8 Å². The molecule has 1 aromatic carbocycles. The third kappa shape index (κ3) is 3.50. The molecule has 1 aromatic rings. The van der Waals surface area contributed by atoms with Crippen molar-refractivity contribution in [3.8, 4) is 5.75 Å². The fourth-order valence-corrected chi connectivity index (χ4v) is 1.11. The van der Waals surface area contributed by atoms with Gasteiger partial charge in [-0.25, -0.2) is 4.79 Å². The monoisotopic (exact) mass is 238 g/mol. The van der Waals surface area contributed by atoms with Crippen molar-refractivity contribution in [3.05, 3.63) is 29.3 Å². The summed E-state index contributed by atoms with van der Waals surface area (Å²) in [5.41, 5.74) is -0.129. The maximum atomic E-state index is 11.1. The number of halogens is 1. The van der Waals surface area contributed by atoms with Crippen LogP contribution < -0.4 is 29.6 Å². The molecule has 0 aliphatic heterocycles. The predicted octanol–water partition coefficient (Wildman–Crippen LogP) is -1.37. The van der Waals surface area contributed by atoms with E-state index in [1.165, 1.54) is 6.07 Å². The minimum absolute atomic E-state index is 0. The minimum atomic E-state index is -1.29. The molecule has 0 saturated carbocycles. The number of phenols is 1. The van der Waals surface area contributed by atoms with Gasteiger partial charge in [-0.15, -0.1) is 11.6 Å². The molecule has 76 valence electrons. The molecule has 0 atom stereocenters. The molecule has 0 unspecified atom stereocenters. The molecule has 0 aliphatic rings. The third-order valence-corrected chi connectivity index (χ3v) is 1.91. The number of aromatic carboxylic acids is 1. The SMILES string of the molecule is O=C(CCl)c1ccc(O)c(C(=O)O)c1.[H-].[Na+]. The molecule has 0 bridgehead atoms. The van der Waals surface area contributed by atoms with Crippen molar-refractivity contribution in [2.24, 2.45) is 0 Å². The number of carbonyl (C=O) groups excluding carboxylic acids is 1. The van der Waals surface area contributed by atoms with E-state index in [0.717, 1.165) is 12.1 Å². The molecule has 1 rings (SSSR count). The zero-order valence-electron chi connectivity index (χ0n) is 9.03. The quantitative estimate of drug-likeness (QED) is 0.387. The molecule has 0 radical (unpaired) electrons. The summed E-state index contributed by atoms with van der Waals surface area (Å²) in [6, 6.07) is 3.58. The van der Waals surface area contributed by atoms with Crippen LogP contribution in [0.1, 0.15) is 22.1 Å². The number of ketones is 1. The standard InChI is InChI=1S/C9H7ClO4.Na.H/c10-4-8(12)5-1-2-7(11)6(3-5)9(13)14;;/h1-3,11H,4H2,(H,13,14);;/q;+1;-1. The average Bonchev–Trinajstić information content (AvgIpc) is 2.17. The van der Waals surface area contributed by atoms with Gasteiger partial charge >= 0.3 is 35.5 Å². The first kappa shape index (κ1) is 14.5. The van der Waals surface area contributed by atoms with Gasteiger partial charge in [0.05, 0.1) is 5.88 Å². The molecule has 0 fully saturated rings. The summed E-state index contributed by atoms with van der Waals surface area (Å²) in [7, 11) is 0.